The van der Waals surface area contributed by atoms with E-state index < -0.39 is 0 Å². The van der Waals surface area contributed by atoms with E-state index in [-0.39, 0.29) is 5.78 Å². The van der Waals surface area contributed by atoms with E-state index in [1.807, 2.05) is 30.3 Å². The summed E-state index contributed by atoms with van der Waals surface area (Å²) in [5, 5.41) is 2.09. The number of hydrogen-bond acceptors (Lipinski definition) is 3. The molecule has 0 aliphatic carbocycles. The summed E-state index contributed by atoms with van der Waals surface area (Å²) in [4.78, 5) is 24.3. The fourth-order valence-corrected chi connectivity index (χ4v) is 2.64. The number of H-pyrrole nitrogens is 1. The molecule has 0 aliphatic heterocycles. The number of carbonyl (C=O) groups excluding carboxylic acids is 1. The standard InChI is InChI=1S/C16H12N4O/c1-20-9-8-18-16(20)15(21)14-13-11(6-7-17-14)10-4-2-3-5-12(10)19-13/h2-9,19H,1H3. The van der Waals surface area contributed by atoms with Gasteiger partial charge in [-0.05, 0) is 12.1 Å². The lowest BCUT2D eigenvalue weighted by Crippen LogP contribution is -2.10. The lowest BCUT2D eigenvalue weighted by molar-refractivity contribution is 0.102. The number of aromatic nitrogens is 4. The Hall–Kier alpha value is -2.95. The second kappa shape index (κ2) is 4.28. The van der Waals surface area contributed by atoms with Gasteiger partial charge in [0.05, 0.1) is 5.52 Å². The van der Waals surface area contributed by atoms with E-state index in [1.165, 1.54) is 0 Å². The highest BCUT2D eigenvalue weighted by Crippen LogP contribution is 2.27. The predicted octanol–water partition coefficient (Wildman–Crippen LogP) is 2.68. The number of hydrogen-bond donors (Lipinski definition) is 1. The molecule has 0 amide bonds. The Morgan fingerprint density at radius 1 is 1.10 bits per heavy atom. The maximum absolute atomic E-state index is 12.7. The van der Waals surface area contributed by atoms with Crippen LogP contribution in [0.3, 0.4) is 0 Å². The molecule has 0 aliphatic rings. The Labute approximate surface area is 120 Å². The monoisotopic (exact) mass is 276 g/mol. The lowest BCUT2D eigenvalue weighted by Gasteiger charge is -2.02. The topological polar surface area (TPSA) is 63.6 Å². The number of carbonyl (C=O) groups is 1. The molecule has 5 heteroatoms. The molecule has 1 aromatic carbocycles. The number of nitrogens with zero attached hydrogens (tertiary/aromatic N) is 3. The first-order chi connectivity index (χ1) is 10.3. The van der Waals surface area contributed by atoms with Gasteiger partial charge >= 0.3 is 0 Å². The number of para-hydroxylation sites is 1. The molecule has 0 radical (unpaired) electrons. The Morgan fingerprint density at radius 2 is 1.95 bits per heavy atom. The van der Waals surface area contributed by atoms with Crippen LogP contribution in [0.25, 0.3) is 21.8 Å². The third kappa shape index (κ3) is 1.67. The SMILES string of the molecule is Cn1ccnc1C(=O)c1nccc2c1[nH]c1ccccc12. The summed E-state index contributed by atoms with van der Waals surface area (Å²) in [6.07, 6.45) is 5.02. The first-order valence-electron chi connectivity index (χ1n) is 6.63. The average molecular weight is 276 g/mol. The molecule has 4 aromatic rings. The van der Waals surface area contributed by atoms with Crippen molar-refractivity contribution in [2.24, 2.45) is 7.05 Å². The Kier molecular flexibility index (Phi) is 2.41. The maximum Gasteiger partial charge on any atom is 0.248 e. The second-order valence-electron chi connectivity index (χ2n) is 4.94. The molecule has 21 heavy (non-hydrogen) atoms. The highest BCUT2D eigenvalue weighted by molar-refractivity contribution is 6.17. The first-order valence-corrected chi connectivity index (χ1v) is 6.63. The molecule has 3 aromatic heterocycles. The first kappa shape index (κ1) is 11.8. The summed E-state index contributed by atoms with van der Waals surface area (Å²) in [5.74, 6) is 0.202. The van der Waals surface area contributed by atoms with Gasteiger partial charge in [0.15, 0.2) is 5.82 Å². The fourth-order valence-electron chi connectivity index (χ4n) is 2.64. The van der Waals surface area contributed by atoms with E-state index in [0.29, 0.717) is 11.5 Å². The highest BCUT2D eigenvalue weighted by Gasteiger charge is 2.19. The molecule has 0 saturated carbocycles. The number of rotatable bonds is 2. The van der Waals surface area contributed by atoms with Crippen molar-refractivity contribution >= 4 is 27.6 Å². The number of aryl methyl sites for hydroxylation is 1. The van der Waals surface area contributed by atoms with Crippen molar-refractivity contribution in [3.63, 3.8) is 0 Å². The molecule has 4 rings (SSSR count). The van der Waals surface area contributed by atoms with Crippen LogP contribution < -0.4 is 0 Å². The van der Waals surface area contributed by atoms with Crippen LogP contribution in [0.15, 0.2) is 48.9 Å². The Balaban J connectivity index is 2.01. The predicted molar refractivity (Wildman–Crippen MR) is 80.2 cm³/mol. The van der Waals surface area contributed by atoms with E-state index >= 15 is 0 Å². The quantitative estimate of drug-likeness (QED) is 0.572. The van der Waals surface area contributed by atoms with Gasteiger partial charge in [-0.2, -0.15) is 0 Å². The number of imidazole rings is 1. The van der Waals surface area contributed by atoms with E-state index in [1.54, 1.807) is 30.2 Å². The van der Waals surface area contributed by atoms with Crippen molar-refractivity contribution in [2.45, 2.75) is 0 Å². The van der Waals surface area contributed by atoms with Crippen LogP contribution in [0.5, 0.6) is 0 Å². The molecular formula is C16H12N4O. The maximum atomic E-state index is 12.7. The fraction of sp³-hybridized carbons (Fsp3) is 0.0625. The average Bonchev–Trinajstić information content (AvgIpc) is 3.09. The smallest absolute Gasteiger partial charge is 0.248 e. The summed E-state index contributed by atoms with van der Waals surface area (Å²) >= 11 is 0. The number of nitrogens with one attached hydrogen (secondary N) is 1. The molecule has 1 N–H and O–H groups in total. The number of pyridine rings is 1. The normalized spacial score (nSPS) is 11.3. The molecule has 0 fully saturated rings. The molecule has 0 spiro atoms. The van der Waals surface area contributed by atoms with Crippen molar-refractivity contribution in [2.75, 3.05) is 0 Å². The molecule has 0 unspecified atom stereocenters. The summed E-state index contributed by atoms with van der Waals surface area (Å²) in [6, 6.07) is 9.89. The van der Waals surface area contributed by atoms with Gasteiger partial charge in [-0.25, -0.2) is 4.98 Å². The minimum atomic E-state index is -0.181. The van der Waals surface area contributed by atoms with Crippen molar-refractivity contribution in [1.29, 1.82) is 0 Å². The van der Waals surface area contributed by atoms with Crippen molar-refractivity contribution in [3.05, 3.63) is 60.4 Å². The van der Waals surface area contributed by atoms with Gasteiger partial charge in [-0.3, -0.25) is 9.78 Å². The van der Waals surface area contributed by atoms with Gasteiger partial charge in [0.1, 0.15) is 5.69 Å². The molecule has 0 bridgehead atoms. The second-order valence-corrected chi connectivity index (χ2v) is 4.94. The van der Waals surface area contributed by atoms with E-state index in [9.17, 15) is 4.79 Å². The molecule has 5 nitrogen and oxygen atoms in total. The van der Waals surface area contributed by atoms with Crippen LogP contribution in [0, 0.1) is 0 Å². The van der Waals surface area contributed by atoms with Gasteiger partial charge < -0.3 is 9.55 Å². The summed E-state index contributed by atoms with van der Waals surface area (Å²) < 4.78 is 1.70. The van der Waals surface area contributed by atoms with E-state index in [0.717, 1.165) is 21.8 Å². The molecule has 0 saturated heterocycles. The van der Waals surface area contributed by atoms with Crippen LogP contribution in [0.2, 0.25) is 0 Å². The van der Waals surface area contributed by atoms with E-state index in [2.05, 4.69) is 15.0 Å². The van der Waals surface area contributed by atoms with E-state index in [4.69, 9.17) is 0 Å². The van der Waals surface area contributed by atoms with Crippen LogP contribution in [0.4, 0.5) is 0 Å². The van der Waals surface area contributed by atoms with Gasteiger partial charge in [0, 0.05) is 41.9 Å². The number of benzene rings is 1. The van der Waals surface area contributed by atoms with Gasteiger partial charge in [0.25, 0.3) is 0 Å². The third-order valence-electron chi connectivity index (χ3n) is 3.67. The van der Waals surface area contributed by atoms with Crippen LogP contribution in [-0.4, -0.2) is 25.3 Å². The zero-order chi connectivity index (χ0) is 14.4. The van der Waals surface area contributed by atoms with Crippen molar-refractivity contribution in [3.8, 4) is 0 Å². The zero-order valence-corrected chi connectivity index (χ0v) is 11.4. The Bertz CT molecular complexity index is 980. The minimum absolute atomic E-state index is 0.181. The Morgan fingerprint density at radius 3 is 2.76 bits per heavy atom. The van der Waals surface area contributed by atoms with Crippen LogP contribution in [-0.2, 0) is 7.05 Å². The van der Waals surface area contributed by atoms with Gasteiger partial charge in [0.2, 0.25) is 5.78 Å². The minimum Gasteiger partial charge on any atom is -0.353 e. The number of ketones is 1. The summed E-state index contributed by atoms with van der Waals surface area (Å²) in [6.45, 7) is 0. The molecule has 3 heterocycles. The lowest BCUT2D eigenvalue weighted by atomic mass is 10.1. The molecule has 102 valence electrons. The summed E-state index contributed by atoms with van der Waals surface area (Å²) in [5.41, 5.74) is 2.15. The van der Waals surface area contributed by atoms with Crippen LogP contribution in [0.1, 0.15) is 16.3 Å². The number of aromatic amines is 1. The van der Waals surface area contributed by atoms with Crippen molar-refractivity contribution < 1.29 is 4.79 Å². The largest absolute Gasteiger partial charge is 0.353 e. The molecular weight excluding hydrogens is 264 g/mol. The van der Waals surface area contributed by atoms with Crippen LogP contribution >= 0.6 is 0 Å². The molecule has 0 atom stereocenters. The van der Waals surface area contributed by atoms with Gasteiger partial charge in [-0.15, -0.1) is 0 Å². The third-order valence-corrected chi connectivity index (χ3v) is 3.67. The highest BCUT2D eigenvalue weighted by atomic mass is 16.1. The zero-order valence-electron chi connectivity index (χ0n) is 11.4. The van der Waals surface area contributed by atoms with Gasteiger partial charge in [-0.1, -0.05) is 18.2 Å². The number of fused-ring (bicyclic) bond motifs is 3. The summed E-state index contributed by atoms with van der Waals surface area (Å²) in [7, 11) is 1.80. The van der Waals surface area contributed by atoms with Crippen molar-refractivity contribution in [1.82, 2.24) is 19.5 Å².